The summed E-state index contributed by atoms with van der Waals surface area (Å²) in [6.07, 6.45) is 0. The van der Waals surface area contributed by atoms with Gasteiger partial charge in [0.15, 0.2) is 11.0 Å². The van der Waals surface area contributed by atoms with Crippen molar-refractivity contribution in [2.45, 2.75) is 31.3 Å². The minimum atomic E-state index is -0.305. The van der Waals surface area contributed by atoms with Gasteiger partial charge < -0.3 is 10.6 Å². The Morgan fingerprint density at radius 2 is 1.73 bits per heavy atom. The molecule has 4 rings (SSSR count). The molecule has 0 atom stereocenters. The van der Waals surface area contributed by atoms with Crippen molar-refractivity contribution in [1.29, 1.82) is 0 Å². The van der Waals surface area contributed by atoms with Crippen molar-refractivity contribution in [2.75, 3.05) is 5.32 Å². The fraction of sp³-hybridized carbons (Fsp3) is 0.160. The van der Waals surface area contributed by atoms with Gasteiger partial charge in [0, 0.05) is 16.5 Å². The van der Waals surface area contributed by atoms with Gasteiger partial charge in [-0.2, -0.15) is 0 Å². The predicted molar refractivity (Wildman–Crippen MR) is 134 cm³/mol. The van der Waals surface area contributed by atoms with Crippen molar-refractivity contribution in [3.63, 3.8) is 0 Å². The van der Waals surface area contributed by atoms with Gasteiger partial charge in [-0.15, -0.1) is 10.2 Å². The highest BCUT2D eigenvalue weighted by Gasteiger charge is 2.17. The first-order chi connectivity index (χ1) is 16.0. The minimum Gasteiger partial charge on any atom is -0.331 e. The molecule has 0 aliphatic rings. The standard InChI is InChI=1S/C25H24ClN5OS/c1-17-8-6-7-11-21(17)28-24(32)27-15-23-29-30-25(33-16-19-9-4-3-5-10-19)31(23)22-14-20(26)13-12-18(22)2/h3-14H,15-16H2,1-2H3,(H2,27,28,32). The molecular formula is C25H24ClN5OS. The van der Waals surface area contributed by atoms with Crippen LogP contribution in [0.15, 0.2) is 78.0 Å². The number of carbonyl (C=O) groups excluding carboxylic acids is 1. The van der Waals surface area contributed by atoms with Gasteiger partial charge in [-0.25, -0.2) is 4.79 Å². The normalized spacial score (nSPS) is 10.8. The van der Waals surface area contributed by atoms with Crippen molar-refractivity contribution < 1.29 is 4.79 Å². The Bertz CT molecular complexity index is 1260. The average Bonchev–Trinajstić information content (AvgIpc) is 3.22. The number of amides is 2. The minimum absolute atomic E-state index is 0.211. The number of para-hydroxylation sites is 1. The van der Waals surface area contributed by atoms with E-state index in [0.29, 0.717) is 10.8 Å². The van der Waals surface area contributed by atoms with Crippen molar-refractivity contribution in [3.05, 3.63) is 100 Å². The summed E-state index contributed by atoms with van der Waals surface area (Å²) in [7, 11) is 0. The average molecular weight is 478 g/mol. The van der Waals surface area contributed by atoms with Crippen LogP contribution in [-0.4, -0.2) is 20.8 Å². The van der Waals surface area contributed by atoms with Crippen LogP contribution in [0.1, 0.15) is 22.5 Å². The van der Waals surface area contributed by atoms with Crippen molar-refractivity contribution in [3.8, 4) is 5.69 Å². The van der Waals surface area contributed by atoms with E-state index in [0.717, 1.165) is 33.4 Å². The van der Waals surface area contributed by atoms with Gasteiger partial charge in [0.25, 0.3) is 0 Å². The summed E-state index contributed by atoms with van der Waals surface area (Å²) in [5.41, 5.74) is 4.87. The van der Waals surface area contributed by atoms with Crippen LogP contribution in [0.5, 0.6) is 0 Å². The van der Waals surface area contributed by atoms with Crippen LogP contribution in [0.2, 0.25) is 5.02 Å². The number of nitrogens with one attached hydrogen (secondary N) is 2. The topological polar surface area (TPSA) is 71.8 Å². The van der Waals surface area contributed by atoms with E-state index in [1.54, 1.807) is 11.8 Å². The predicted octanol–water partition coefficient (Wildman–Crippen LogP) is 6.15. The zero-order valence-electron chi connectivity index (χ0n) is 18.4. The van der Waals surface area contributed by atoms with Crippen LogP contribution in [0, 0.1) is 13.8 Å². The quantitative estimate of drug-likeness (QED) is 0.313. The fourth-order valence-corrected chi connectivity index (χ4v) is 4.42. The lowest BCUT2D eigenvalue weighted by molar-refractivity contribution is 0.251. The molecule has 8 heteroatoms. The SMILES string of the molecule is Cc1ccccc1NC(=O)NCc1nnc(SCc2ccccc2)n1-c1cc(Cl)ccc1C. The number of halogens is 1. The Kier molecular flexibility index (Phi) is 7.32. The van der Waals surface area contributed by atoms with Gasteiger partial charge in [-0.1, -0.05) is 78.0 Å². The van der Waals surface area contributed by atoms with Gasteiger partial charge in [0.1, 0.15) is 0 Å². The molecule has 0 bridgehead atoms. The van der Waals surface area contributed by atoms with Crippen LogP contribution in [-0.2, 0) is 12.3 Å². The Morgan fingerprint density at radius 3 is 2.52 bits per heavy atom. The van der Waals surface area contributed by atoms with Crippen LogP contribution in [0.25, 0.3) is 5.69 Å². The molecule has 33 heavy (non-hydrogen) atoms. The summed E-state index contributed by atoms with van der Waals surface area (Å²) in [5, 5.41) is 15.9. The summed E-state index contributed by atoms with van der Waals surface area (Å²) in [6, 6.07) is 23.2. The summed E-state index contributed by atoms with van der Waals surface area (Å²) in [4.78, 5) is 12.5. The first kappa shape index (κ1) is 22.9. The van der Waals surface area contributed by atoms with E-state index < -0.39 is 0 Å². The lowest BCUT2D eigenvalue weighted by Crippen LogP contribution is -2.29. The number of thioether (sulfide) groups is 1. The maximum atomic E-state index is 12.5. The molecular weight excluding hydrogens is 454 g/mol. The lowest BCUT2D eigenvalue weighted by Gasteiger charge is -2.14. The number of rotatable bonds is 7. The Hall–Kier alpha value is -3.29. The summed E-state index contributed by atoms with van der Waals surface area (Å²) in [6.45, 7) is 4.17. The van der Waals surface area contributed by atoms with E-state index >= 15 is 0 Å². The molecule has 2 amide bonds. The molecule has 1 heterocycles. The number of anilines is 1. The number of hydrogen-bond acceptors (Lipinski definition) is 4. The number of urea groups is 1. The Morgan fingerprint density at radius 1 is 0.970 bits per heavy atom. The van der Waals surface area contributed by atoms with Gasteiger partial charge in [-0.05, 0) is 48.7 Å². The molecule has 0 saturated carbocycles. The molecule has 0 spiro atoms. The highest BCUT2D eigenvalue weighted by molar-refractivity contribution is 7.98. The van der Waals surface area contributed by atoms with Crippen molar-refractivity contribution in [2.24, 2.45) is 0 Å². The van der Waals surface area contributed by atoms with Gasteiger partial charge in [0.2, 0.25) is 0 Å². The van der Waals surface area contributed by atoms with E-state index in [9.17, 15) is 4.79 Å². The van der Waals surface area contributed by atoms with Crippen LogP contribution in [0.3, 0.4) is 0 Å². The highest BCUT2D eigenvalue weighted by atomic mass is 35.5. The van der Waals surface area contributed by atoms with Gasteiger partial charge >= 0.3 is 6.03 Å². The second-order valence-electron chi connectivity index (χ2n) is 7.56. The van der Waals surface area contributed by atoms with Crippen molar-refractivity contribution >= 4 is 35.1 Å². The number of nitrogens with zero attached hydrogens (tertiary/aromatic N) is 3. The third kappa shape index (κ3) is 5.74. The number of aryl methyl sites for hydroxylation is 2. The molecule has 0 aliphatic heterocycles. The Balaban J connectivity index is 1.56. The second-order valence-corrected chi connectivity index (χ2v) is 8.94. The molecule has 168 valence electrons. The summed E-state index contributed by atoms with van der Waals surface area (Å²) in [5.74, 6) is 1.37. The molecule has 2 N–H and O–H groups in total. The maximum absolute atomic E-state index is 12.5. The molecule has 0 saturated heterocycles. The smallest absolute Gasteiger partial charge is 0.319 e. The number of benzene rings is 3. The van der Waals surface area contributed by atoms with Crippen LogP contribution < -0.4 is 10.6 Å². The van der Waals surface area contributed by atoms with Gasteiger partial charge in [-0.3, -0.25) is 4.57 Å². The van der Waals surface area contributed by atoms with Crippen molar-refractivity contribution in [1.82, 2.24) is 20.1 Å². The fourth-order valence-electron chi connectivity index (χ4n) is 3.33. The molecule has 4 aromatic rings. The highest BCUT2D eigenvalue weighted by Crippen LogP contribution is 2.28. The molecule has 6 nitrogen and oxygen atoms in total. The molecule has 0 radical (unpaired) electrons. The zero-order valence-corrected chi connectivity index (χ0v) is 20.0. The third-order valence-electron chi connectivity index (χ3n) is 5.12. The zero-order chi connectivity index (χ0) is 23.2. The lowest BCUT2D eigenvalue weighted by atomic mass is 10.2. The van der Waals surface area contributed by atoms with E-state index in [4.69, 9.17) is 11.6 Å². The third-order valence-corrected chi connectivity index (χ3v) is 6.36. The van der Waals surface area contributed by atoms with Gasteiger partial charge in [0.05, 0.1) is 12.2 Å². The van der Waals surface area contributed by atoms with Crippen LogP contribution in [0.4, 0.5) is 10.5 Å². The van der Waals surface area contributed by atoms with E-state index in [2.05, 4.69) is 33.0 Å². The first-order valence-corrected chi connectivity index (χ1v) is 11.9. The first-order valence-electron chi connectivity index (χ1n) is 10.5. The van der Waals surface area contributed by atoms with E-state index in [1.807, 2.05) is 79.1 Å². The number of hydrogen-bond donors (Lipinski definition) is 2. The maximum Gasteiger partial charge on any atom is 0.319 e. The summed E-state index contributed by atoms with van der Waals surface area (Å²) < 4.78 is 1.96. The molecule has 1 aromatic heterocycles. The summed E-state index contributed by atoms with van der Waals surface area (Å²) >= 11 is 7.89. The number of carbonyl (C=O) groups is 1. The Labute approximate surface area is 202 Å². The molecule has 0 fully saturated rings. The van der Waals surface area contributed by atoms with E-state index in [1.165, 1.54) is 5.56 Å². The molecule has 0 aliphatic carbocycles. The molecule has 3 aromatic carbocycles. The second kappa shape index (κ2) is 10.6. The van der Waals surface area contributed by atoms with Crippen LogP contribution >= 0.6 is 23.4 Å². The largest absolute Gasteiger partial charge is 0.331 e. The number of aromatic nitrogens is 3. The molecule has 0 unspecified atom stereocenters. The monoisotopic (exact) mass is 477 g/mol. The van der Waals surface area contributed by atoms with E-state index in [-0.39, 0.29) is 12.6 Å².